The van der Waals surface area contributed by atoms with Crippen molar-refractivity contribution in [2.45, 2.75) is 38.2 Å². The second-order valence-electron chi connectivity index (χ2n) is 5.76. The lowest BCUT2D eigenvalue weighted by Gasteiger charge is -2.21. The van der Waals surface area contributed by atoms with Crippen LogP contribution >= 0.6 is 0 Å². The topological polar surface area (TPSA) is 69.6 Å². The van der Waals surface area contributed by atoms with Crippen LogP contribution < -0.4 is 4.72 Å². The van der Waals surface area contributed by atoms with Gasteiger partial charge in [-0.15, -0.1) is 0 Å². The third kappa shape index (κ3) is 5.39. The summed E-state index contributed by atoms with van der Waals surface area (Å²) in [5, 5.41) is 8.98. The number of nitrogens with zero attached hydrogens (tertiary/aromatic N) is 1. The van der Waals surface area contributed by atoms with Crippen LogP contribution in [-0.4, -0.2) is 44.1 Å². The van der Waals surface area contributed by atoms with Gasteiger partial charge in [0, 0.05) is 12.6 Å². The molecule has 1 aliphatic heterocycles. The van der Waals surface area contributed by atoms with Crippen molar-refractivity contribution in [2.24, 2.45) is 0 Å². The highest BCUT2D eigenvalue weighted by atomic mass is 32.2. The maximum Gasteiger partial charge on any atom is 0.216 e. The molecule has 2 N–H and O–H groups in total. The van der Waals surface area contributed by atoms with Crippen molar-refractivity contribution in [3.63, 3.8) is 0 Å². The quantitative estimate of drug-likeness (QED) is 0.790. The van der Waals surface area contributed by atoms with Crippen molar-refractivity contribution in [3.8, 4) is 0 Å². The molecule has 6 heteroatoms. The molecule has 118 valence electrons. The number of likely N-dealkylation sites (tertiary alicyclic amines) is 1. The van der Waals surface area contributed by atoms with Crippen molar-refractivity contribution in [1.29, 1.82) is 0 Å². The molecule has 1 saturated heterocycles. The van der Waals surface area contributed by atoms with Crippen LogP contribution in [0.5, 0.6) is 0 Å². The molecule has 1 aromatic carbocycles. The molecule has 1 heterocycles. The van der Waals surface area contributed by atoms with E-state index in [4.69, 9.17) is 5.11 Å². The second-order valence-corrected chi connectivity index (χ2v) is 7.51. The van der Waals surface area contributed by atoms with Gasteiger partial charge in [0.25, 0.3) is 0 Å². The molecular weight excluding hydrogens is 288 g/mol. The minimum atomic E-state index is -3.33. The average molecular weight is 312 g/mol. The molecule has 0 aromatic heterocycles. The molecule has 1 unspecified atom stereocenters. The van der Waals surface area contributed by atoms with E-state index in [9.17, 15) is 8.42 Å². The van der Waals surface area contributed by atoms with Crippen LogP contribution in [0.1, 0.15) is 30.9 Å². The fraction of sp³-hybridized carbons (Fsp3) is 0.600. The average Bonchev–Trinajstić information content (AvgIpc) is 2.91. The van der Waals surface area contributed by atoms with Gasteiger partial charge in [-0.2, -0.15) is 0 Å². The fourth-order valence-corrected chi connectivity index (χ4v) is 4.10. The maximum absolute atomic E-state index is 12.2. The molecule has 2 rings (SSSR count). The Balaban J connectivity index is 1.87. The molecule has 1 fully saturated rings. The molecule has 0 bridgehead atoms. The Kier molecular flexibility index (Phi) is 5.75. The number of nitrogens with one attached hydrogen (secondary N) is 1. The number of benzene rings is 1. The minimum absolute atomic E-state index is 0.0248. The van der Waals surface area contributed by atoms with Crippen molar-refractivity contribution in [2.75, 3.05) is 19.6 Å². The summed E-state index contributed by atoms with van der Waals surface area (Å²) in [5.41, 5.74) is 1.51. The normalized spacial score (nSPS) is 18.0. The van der Waals surface area contributed by atoms with E-state index in [1.807, 2.05) is 6.92 Å². The zero-order valence-corrected chi connectivity index (χ0v) is 13.3. The highest BCUT2D eigenvalue weighted by Crippen LogP contribution is 2.10. The number of hydrogen-bond acceptors (Lipinski definition) is 4. The first-order valence-corrected chi connectivity index (χ1v) is 9.05. The van der Waals surface area contributed by atoms with E-state index in [1.54, 1.807) is 24.3 Å². The summed E-state index contributed by atoms with van der Waals surface area (Å²) in [6.07, 6.45) is 2.41. The highest BCUT2D eigenvalue weighted by molar-refractivity contribution is 7.88. The van der Waals surface area contributed by atoms with Crippen molar-refractivity contribution >= 4 is 10.0 Å². The Hall–Kier alpha value is -0.950. The summed E-state index contributed by atoms with van der Waals surface area (Å²) in [4.78, 5) is 2.29. The summed E-state index contributed by atoms with van der Waals surface area (Å²) in [5.74, 6) is -0.0248. The SMILES string of the molecule is CC(CN1CCCC1)NS(=O)(=O)Cc1ccc(CO)cc1. The van der Waals surface area contributed by atoms with Crippen LogP contribution in [0.25, 0.3) is 0 Å². The van der Waals surface area contributed by atoms with Gasteiger partial charge in [0.05, 0.1) is 12.4 Å². The number of hydrogen-bond donors (Lipinski definition) is 2. The Morgan fingerprint density at radius 3 is 2.33 bits per heavy atom. The van der Waals surface area contributed by atoms with E-state index in [2.05, 4.69) is 9.62 Å². The van der Waals surface area contributed by atoms with Crippen molar-refractivity contribution in [1.82, 2.24) is 9.62 Å². The van der Waals surface area contributed by atoms with E-state index < -0.39 is 10.0 Å². The van der Waals surface area contributed by atoms with Gasteiger partial charge in [-0.1, -0.05) is 24.3 Å². The molecule has 1 atom stereocenters. The Morgan fingerprint density at radius 2 is 1.76 bits per heavy atom. The van der Waals surface area contributed by atoms with Gasteiger partial charge < -0.3 is 10.0 Å². The standard InChI is InChI=1S/C15H24N2O3S/c1-13(10-17-8-2-3-9-17)16-21(19,20)12-15-6-4-14(11-18)5-7-15/h4-7,13,16,18H,2-3,8-12H2,1H3. The Morgan fingerprint density at radius 1 is 1.19 bits per heavy atom. The van der Waals surface area contributed by atoms with E-state index in [-0.39, 0.29) is 18.4 Å². The summed E-state index contributed by atoms with van der Waals surface area (Å²) >= 11 is 0. The van der Waals surface area contributed by atoms with Gasteiger partial charge in [0.15, 0.2) is 0 Å². The van der Waals surface area contributed by atoms with Crippen molar-refractivity contribution in [3.05, 3.63) is 35.4 Å². The summed E-state index contributed by atoms with van der Waals surface area (Å²) in [6, 6.07) is 6.91. The molecule has 5 nitrogen and oxygen atoms in total. The van der Waals surface area contributed by atoms with Crippen LogP contribution in [0, 0.1) is 0 Å². The van der Waals surface area contributed by atoms with Crippen LogP contribution in [0.3, 0.4) is 0 Å². The zero-order valence-electron chi connectivity index (χ0n) is 12.5. The van der Waals surface area contributed by atoms with Crippen LogP contribution in [-0.2, 0) is 22.4 Å². The van der Waals surface area contributed by atoms with Gasteiger partial charge in [0.2, 0.25) is 10.0 Å². The molecule has 0 spiro atoms. The summed E-state index contributed by atoms with van der Waals surface area (Å²) in [7, 11) is -3.33. The minimum Gasteiger partial charge on any atom is -0.392 e. The maximum atomic E-state index is 12.2. The van der Waals surface area contributed by atoms with Gasteiger partial charge in [0.1, 0.15) is 0 Å². The van der Waals surface area contributed by atoms with Crippen LogP contribution in [0.4, 0.5) is 0 Å². The first kappa shape index (κ1) is 16.4. The molecule has 0 aliphatic carbocycles. The molecule has 1 aliphatic rings. The predicted octanol–water partition coefficient (Wildman–Crippen LogP) is 1.08. The van der Waals surface area contributed by atoms with Crippen LogP contribution in [0.2, 0.25) is 0 Å². The number of aliphatic hydroxyl groups excluding tert-OH is 1. The number of rotatable bonds is 7. The van der Waals surface area contributed by atoms with Gasteiger partial charge in [-0.3, -0.25) is 0 Å². The van der Waals surface area contributed by atoms with Gasteiger partial charge in [-0.25, -0.2) is 13.1 Å². The molecule has 0 radical (unpaired) electrons. The number of aliphatic hydroxyl groups is 1. The fourth-order valence-electron chi connectivity index (χ4n) is 2.70. The first-order chi connectivity index (χ1) is 9.98. The van der Waals surface area contributed by atoms with E-state index in [0.29, 0.717) is 0 Å². The molecule has 0 amide bonds. The lowest BCUT2D eigenvalue weighted by Crippen LogP contribution is -2.41. The second kappa shape index (κ2) is 7.35. The molecular formula is C15H24N2O3S. The van der Waals surface area contributed by atoms with Gasteiger partial charge in [-0.05, 0) is 44.0 Å². The monoisotopic (exact) mass is 312 g/mol. The molecule has 21 heavy (non-hydrogen) atoms. The van der Waals surface area contributed by atoms with Crippen molar-refractivity contribution < 1.29 is 13.5 Å². The largest absolute Gasteiger partial charge is 0.392 e. The third-order valence-electron chi connectivity index (χ3n) is 3.67. The first-order valence-electron chi connectivity index (χ1n) is 7.39. The smallest absolute Gasteiger partial charge is 0.216 e. The highest BCUT2D eigenvalue weighted by Gasteiger charge is 2.19. The summed E-state index contributed by atoms with van der Waals surface area (Å²) < 4.78 is 27.1. The third-order valence-corrected chi connectivity index (χ3v) is 5.15. The lowest BCUT2D eigenvalue weighted by atomic mass is 10.2. The van der Waals surface area contributed by atoms with E-state index in [0.717, 1.165) is 30.8 Å². The molecule has 0 saturated carbocycles. The van der Waals surface area contributed by atoms with E-state index in [1.165, 1.54) is 12.8 Å². The van der Waals surface area contributed by atoms with E-state index >= 15 is 0 Å². The predicted molar refractivity (Wildman–Crippen MR) is 83.3 cm³/mol. The lowest BCUT2D eigenvalue weighted by molar-refractivity contribution is 0.282. The Labute approximate surface area is 127 Å². The van der Waals surface area contributed by atoms with Crippen LogP contribution in [0.15, 0.2) is 24.3 Å². The number of sulfonamides is 1. The van der Waals surface area contributed by atoms with Gasteiger partial charge >= 0.3 is 0 Å². The zero-order chi connectivity index (χ0) is 15.3. The molecule has 1 aromatic rings. The Bertz CT molecular complexity index is 537. The summed E-state index contributed by atoms with van der Waals surface area (Å²) in [6.45, 7) is 4.77.